The molecule has 5 rings (SSSR count). The van der Waals surface area contributed by atoms with Crippen molar-refractivity contribution in [1.29, 1.82) is 0 Å². The molecule has 1 aliphatic carbocycles. The quantitative estimate of drug-likeness (QED) is 0.712. The summed E-state index contributed by atoms with van der Waals surface area (Å²) in [5.74, 6) is 0.435. The molecule has 1 amide bonds. The normalized spacial score (nSPS) is 17.8. The van der Waals surface area contributed by atoms with Crippen molar-refractivity contribution in [2.45, 2.75) is 25.8 Å². The van der Waals surface area contributed by atoms with Crippen LogP contribution in [0.3, 0.4) is 0 Å². The monoisotopic (exact) mass is 367 g/mol. The molecule has 2 aromatic heterocycles. The number of aromatic nitrogens is 1. The molecule has 134 valence electrons. The molecule has 1 aromatic carbocycles. The number of thiazole rings is 1. The summed E-state index contributed by atoms with van der Waals surface area (Å²) >= 11 is 1.87. The van der Waals surface area contributed by atoms with Crippen LogP contribution in [0.15, 0.2) is 34.7 Å². The molecule has 2 aliphatic rings. The van der Waals surface area contributed by atoms with Gasteiger partial charge in [0.15, 0.2) is 5.76 Å². The summed E-state index contributed by atoms with van der Waals surface area (Å²) in [5, 5.41) is 2.21. The number of piperazine rings is 1. The van der Waals surface area contributed by atoms with Crippen molar-refractivity contribution in [2.75, 3.05) is 26.2 Å². The van der Waals surface area contributed by atoms with Gasteiger partial charge in [0.2, 0.25) is 0 Å². The Balaban J connectivity index is 1.21. The highest BCUT2D eigenvalue weighted by Gasteiger charge is 2.25. The summed E-state index contributed by atoms with van der Waals surface area (Å²) in [6, 6.07) is 9.60. The van der Waals surface area contributed by atoms with Gasteiger partial charge in [0.25, 0.3) is 5.91 Å². The summed E-state index contributed by atoms with van der Waals surface area (Å²) in [6.07, 6.45) is 3.61. The van der Waals surface area contributed by atoms with Crippen LogP contribution in [0, 0.1) is 0 Å². The topological polar surface area (TPSA) is 49.6 Å². The van der Waals surface area contributed by atoms with Crippen molar-refractivity contribution in [3.63, 3.8) is 0 Å². The molecule has 0 radical (unpaired) electrons. The third kappa shape index (κ3) is 2.93. The Bertz CT molecular complexity index is 899. The van der Waals surface area contributed by atoms with Crippen molar-refractivity contribution in [3.05, 3.63) is 51.7 Å². The first-order valence-corrected chi connectivity index (χ1v) is 10.1. The van der Waals surface area contributed by atoms with Crippen molar-refractivity contribution >= 4 is 28.2 Å². The number of para-hydroxylation sites is 1. The van der Waals surface area contributed by atoms with Crippen LogP contribution in [0.1, 0.15) is 32.6 Å². The first-order chi connectivity index (χ1) is 12.8. The number of rotatable bonds is 3. The molecule has 3 aromatic rings. The van der Waals surface area contributed by atoms with Gasteiger partial charge in [0.1, 0.15) is 10.6 Å². The predicted octanol–water partition coefficient (Wildman–Crippen LogP) is 3.34. The lowest BCUT2D eigenvalue weighted by Gasteiger charge is -2.33. The van der Waals surface area contributed by atoms with E-state index in [9.17, 15) is 4.79 Å². The molecule has 3 heterocycles. The fourth-order valence-electron chi connectivity index (χ4n) is 3.85. The number of benzene rings is 1. The average Bonchev–Trinajstić information content (AvgIpc) is 3.35. The van der Waals surface area contributed by atoms with E-state index >= 15 is 0 Å². The molecule has 0 N–H and O–H groups in total. The summed E-state index contributed by atoms with van der Waals surface area (Å²) < 4.78 is 5.73. The molecule has 0 atom stereocenters. The molecular formula is C20H21N3O2S. The van der Waals surface area contributed by atoms with Crippen LogP contribution in [0.4, 0.5) is 0 Å². The zero-order valence-electron chi connectivity index (χ0n) is 14.6. The van der Waals surface area contributed by atoms with E-state index in [1.807, 2.05) is 46.6 Å². The number of aryl methyl sites for hydroxylation is 2. The second-order valence-electron chi connectivity index (χ2n) is 7.05. The van der Waals surface area contributed by atoms with Gasteiger partial charge in [0.05, 0.1) is 12.2 Å². The Kier molecular flexibility index (Phi) is 4.02. The summed E-state index contributed by atoms with van der Waals surface area (Å²) in [7, 11) is 0. The van der Waals surface area contributed by atoms with Gasteiger partial charge in [0, 0.05) is 36.4 Å². The van der Waals surface area contributed by atoms with Gasteiger partial charge in [-0.15, -0.1) is 11.3 Å². The van der Waals surface area contributed by atoms with E-state index in [1.54, 1.807) is 0 Å². The lowest BCUT2D eigenvalue weighted by Crippen LogP contribution is -2.48. The van der Waals surface area contributed by atoms with Crippen LogP contribution in [0.25, 0.3) is 11.0 Å². The highest BCUT2D eigenvalue weighted by molar-refractivity contribution is 7.11. The third-order valence-corrected chi connectivity index (χ3v) is 6.44. The Hall–Kier alpha value is -2.18. The van der Waals surface area contributed by atoms with Gasteiger partial charge in [-0.3, -0.25) is 9.69 Å². The zero-order chi connectivity index (χ0) is 17.5. The zero-order valence-corrected chi connectivity index (χ0v) is 15.4. The SMILES string of the molecule is O=C(c1cc2ccccc2o1)N1CCN(Cc2nc3c(s2)CCC3)CC1. The van der Waals surface area contributed by atoms with E-state index < -0.39 is 0 Å². The molecule has 26 heavy (non-hydrogen) atoms. The van der Waals surface area contributed by atoms with Crippen LogP contribution in [-0.4, -0.2) is 46.9 Å². The number of furan rings is 1. The van der Waals surface area contributed by atoms with Crippen LogP contribution < -0.4 is 0 Å². The number of hydrogen-bond acceptors (Lipinski definition) is 5. The molecule has 0 saturated carbocycles. The van der Waals surface area contributed by atoms with Gasteiger partial charge in [-0.1, -0.05) is 18.2 Å². The molecule has 1 saturated heterocycles. The van der Waals surface area contributed by atoms with E-state index in [2.05, 4.69) is 4.90 Å². The van der Waals surface area contributed by atoms with Gasteiger partial charge >= 0.3 is 0 Å². The molecule has 0 spiro atoms. The second kappa shape index (κ2) is 6.52. The molecule has 0 unspecified atom stereocenters. The summed E-state index contributed by atoms with van der Waals surface area (Å²) in [6.45, 7) is 4.15. The average molecular weight is 367 g/mol. The van der Waals surface area contributed by atoms with Gasteiger partial charge in [-0.25, -0.2) is 4.98 Å². The van der Waals surface area contributed by atoms with Crippen molar-refractivity contribution in [3.8, 4) is 0 Å². The smallest absolute Gasteiger partial charge is 0.289 e. The van der Waals surface area contributed by atoms with Crippen LogP contribution in [-0.2, 0) is 19.4 Å². The lowest BCUT2D eigenvalue weighted by molar-refractivity contribution is 0.0600. The fourth-order valence-corrected chi connectivity index (χ4v) is 5.05. The van der Waals surface area contributed by atoms with Gasteiger partial charge < -0.3 is 9.32 Å². The number of nitrogens with zero attached hydrogens (tertiary/aromatic N) is 3. The Labute approximate surface area is 156 Å². The highest BCUT2D eigenvalue weighted by Crippen LogP contribution is 2.28. The lowest BCUT2D eigenvalue weighted by atomic mass is 10.2. The molecule has 1 fully saturated rings. The summed E-state index contributed by atoms with van der Waals surface area (Å²) in [4.78, 5) is 23.3. The molecule has 0 bridgehead atoms. The van der Waals surface area contributed by atoms with Crippen LogP contribution >= 0.6 is 11.3 Å². The maximum Gasteiger partial charge on any atom is 0.289 e. The maximum atomic E-state index is 12.7. The Morgan fingerprint density at radius 2 is 2.00 bits per heavy atom. The van der Waals surface area contributed by atoms with Crippen molar-refractivity contribution in [2.24, 2.45) is 0 Å². The fraction of sp³-hybridized carbons (Fsp3) is 0.400. The number of carbonyl (C=O) groups is 1. The number of carbonyl (C=O) groups excluding carboxylic acids is 1. The molecule has 5 nitrogen and oxygen atoms in total. The summed E-state index contributed by atoms with van der Waals surface area (Å²) in [5.41, 5.74) is 2.09. The number of fused-ring (bicyclic) bond motifs is 2. The molecular weight excluding hydrogens is 346 g/mol. The minimum Gasteiger partial charge on any atom is -0.451 e. The van der Waals surface area contributed by atoms with E-state index in [1.165, 1.54) is 28.4 Å². The van der Waals surface area contributed by atoms with Crippen molar-refractivity contribution in [1.82, 2.24) is 14.8 Å². The minimum absolute atomic E-state index is 0.00549. The number of hydrogen-bond donors (Lipinski definition) is 0. The molecule has 1 aliphatic heterocycles. The predicted molar refractivity (Wildman–Crippen MR) is 102 cm³/mol. The first-order valence-electron chi connectivity index (χ1n) is 9.24. The number of amides is 1. The highest BCUT2D eigenvalue weighted by atomic mass is 32.1. The van der Waals surface area contributed by atoms with E-state index in [4.69, 9.17) is 9.40 Å². The van der Waals surface area contributed by atoms with Crippen LogP contribution in [0.5, 0.6) is 0 Å². The van der Waals surface area contributed by atoms with Gasteiger partial charge in [-0.05, 0) is 31.4 Å². The largest absolute Gasteiger partial charge is 0.451 e. The second-order valence-corrected chi connectivity index (χ2v) is 8.22. The van der Waals surface area contributed by atoms with Gasteiger partial charge in [-0.2, -0.15) is 0 Å². The maximum absolute atomic E-state index is 12.7. The Morgan fingerprint density at radius 1 is 1.15 bits per heavy atom. The first kappa shape index (κ1) is 16.0. The molecule has 6 heteroatoms. The third-order valence-electron chi connectivity index (χ3n) is 5.29. The van der Waals surface area contributed by atoms with E-state index in [0.717, 1.165) is 50.1 Å². The van der Waals surface area contributed by atoms with Crippen molar-refractivity contribution < 1.29 is 9.21 Å². The van der Waals surface area contributed by atoms with E-state index in [-0.39, 0.29) is 5.91 Å². The minimum atomic E-state index is -0.00549. The standard InChI is InChI=1S/C20H21N3O2S/c24-20(17-12-14-4-1-2-6-16(14)25-17)23-10-8-22(9-11-23)13-19-21-15-5-3-7-18(15)26-19/h1-2,4,6,12H,3,5,7-11,13H2. The van der Waals surface area contributed by atoms with Crippen LogP contribution in [0.2, 0.25) is 0 Å². The Morgan fingerprint density at radius 3 is 2.81 bits per heavy atom. The van der Waals surface area contributed by atoms with E-state index in [0.29, 0.717) is 5.76 Å².